The average molecular weight is 403 g/mol. The number of nitrogens with zero attached hydrogens (tertiary/aromatic N) is 1. The van der Waals surface area contributed by atoms with Gasteiger partial charge in [0.2, 0.25) is 0 Å². The summed E-state index contributed by atoms with van der Waals surface area (Å²) in [4.78, 5) is 14.9. The molecule has 0 spiro atoms. The minimum Gasteiger partial charge on any atom is -0.494 e. The molecule has 2 fully saturated rings. The number of carbonyl (C=O) groups excluding carboxylic acids is 1. The smallest absolute Gasteiger partial charge is 0.410 e. The fraction of sp³-hybridized carbons (Fsp3) is 0.708. The summed E-state index contributed by atoms with van der Waals surface area (Å²) in [6.45, 7) is 9.86. The van der Waals surface area contributed by atoms with Crippen LogP contribution in [0, 0.1) is 18.8 Å². The number of benzene rings is 1. The van der Waals surface area contributed by atoms with E-state index in [4.69, 9.17) is 15.2 Å². The minimum absolute atomic E-state index is 0.147. The normalized spacial score (nSPS) is 24.7. The molecule has 1 aliphatic carbocycles. The van der Waals surface area contributed by atoms with Crippen LogP contribution in [0.4, 0.5) is 4.79 Å². The standard InChI is InChI=1S/C24H38N2O3/c1-17-9-10-21(14-20(17)15-25)28-12-11-18-13-19-7-5-6-8-22(19)26(16-18)23(27)29-24(2,3)4/h9-10,14,18-19,22H,5-8,11-13,15-16,25H2,1-4H3. The number of nitrogens with two attached hydrogens (primary N) is 1. The van der Waals surface area contributed by atoms with Crippen molar-refractivity contribution in [2.75, 3.05) is 13.2 Å². The lowest BCUT2D eigenvalue weighted by molar-refractivity contribution is -0.0210. The van der Waals surface area contributed by atoms with E-state index in [1.54, 1.807) is 0 Å². The molecule has 1 heterocycles. The molecule has 1 aromatic carbocycles. The Labute approximate surface area is 175 Å². The topological polar surface area (TPSA) is 64.8 Å². The Balaban J connectivity index is 1.60. The van der Waals surface area contributed by atoms with E-state index in [0.29, 0.717) is 31.0 Å². The maximum Gasteiger partial charge on any atom is 0.410 e. The van der Waals surface area contributed by atoms with Crippen LogP contribution in [-0.2, 0) is 11.3 Å². The molecule has 5 nitrogen and oxygen atoms in total. The number of ether oxygens (including phenoxy) is 2. The number of amides is 1. The molecule has 1 saturated carbocycles. The van der Waals surface area contributed by atoms with E-state index in [-0.39, 0.29) is 6.09 Å². The Hall–Kier alpha value is -1.75. The first kappa shape index (κ1) is 21.9. The molecular weight excluding hydrogens is 364 g/mol. The van der Waals surface area contributed by atoms with Crippen molar-refractivity contribution in [1.82, 2.24) is 4.90 Å². The summed E-state index contributed by atoms with van der Waals surface area (Å²) < 4.78 is 11.8. The predicted molar refractivity (Wildman–Crippen MR) is 116 cm³/mol. The molecule has 3 rings (SSSR count). The van der Waals surface area contributed by atoms with Crippen LogP contribution in [0.2, 0.25) is 0 Å². The van der Waals surface area contributed by atoms with Gasteiger partial charge in [0.15, 0.2) is 0 Å². The third-order valence-corrected chi connectivity index (χ3v) is 6.32. The van der Waals surface area contributed by atoms with Gasteiger partial charge in [-0.25, -0.2) is 4.79 Å². The maximum atomic E-state index is 12.9. The number of rotatable bonds is 5. The second-order valence-electron chi connectivity index (χ2n) is 9.78. The molecule has 0 bridgehead atoms. The molecule has 0 radical (unpaired) electrons. The quantitative estimate of drug-likeness (QED) is 0.749. The first-order valence-electron chi connectivity index (χ1n) is 11.2. The molecule has 3 unspecified atom stereocenters. The van der Waals surface area contributed by atoms with E-state index < -0.39 is 5.60 Å². The zero-order valence-electron chi connectivity index (χ0n) is 18.6. The van der Waals surface area contributed by atoms with Crippen molar-refractivity contribution in [2.24, 2.45) is 17.6 Å². The Kier molecular flexibility index (Phi) is 7.10. The van der Waals surface area contributed by atoms with Crippen LogP contribution in [0.15, 0.2) is 18.2 Å². The highest BCUT2D eigenvalue weighted by atomic mass is 16.6. The van der Waals surface area contributed by atoms with Crippen molar-refractivity contribution in [3.63, 3.8) is 0 Å². The van der Waals surface area contributed by atoms with Crippen LogP contribution in [-0.4, -0.2) is 35.8 Å². The molecule has 3 atom stereocenters. The molecule has 2 aliphatic rings. The summed E-state index contributed by atoms with van der Waals surface area (Å²) in [5, 5.41) is 0. The van der Waals surface area contributed by atoms with Crippen molar-refractivity contribution < 1.29 is 14.3 Å². The summed E-state index contributed by atoms with van der Waals surface area (Å²) in [5.41, 5.74) is 7.68. The summed E-state index contributed by atoms with van der Waals surface area (Å²) in [7, 11) is 0. The van der Waals surface area contributed by atoms with Crippen LogP contribution in [0.1, 0.15) is 70.4 Å². The summed E-state index contributed by atoms with van der Waals surface area (Å²) in [6.07, 6.45) is 6.82. The summed E-state index contributed by atoms with van der Waals surface area (Å²) >= 11 is 0. The third-order valence-electron chi connectivity index (χ3n) is 6.32. The Morgan fingerprint density at radius 3 is 2.72 bits per heavy atom. The first-order chi connectivity index (χ1) is 13.8. The van der Waals surface area contributed by atoms with Gasteiger partial charge in [-0.05, 0) is 88.5 Å². The van der Waals surface area contributed by atoms with Gasteiger partial charge in [-0.1, -0.05) is 18.9 Å². The van der Waals surface area contributed by atoms with E-state index in [0.717, 1.165) is 30.7 Å². The molecule has 162 valence electrons. The van der Waals surface area contributed by atoms with E-state index in [2.05, 4.69) is 13.0 Å². The van der Waals surface area contributed by atoms with Crippen LogP contribution in [0.25, 0.3) is 0 Å². The zero-order chi connectivity index (χ0) is 21.0. The largest absolute Gasteiger partial charge is 0.494 e. The number of carbonyl (C=O) groups is 1. The number of likely N-dealkylation sites (tertiary alicyclic amines) is 1. The van der Waals surface area contributed by atoms with E-state index in [1.807, 2.05) is 37.8 Å². The van der Waals surface area contributed by atoms with Gasteiger partial charge in [0.1, 0.15) is 11.4 Å². The second kappa shape index (κ2) is 9.38. The van der Waals surface area contributed by atoms with E-state index in [9.17, 15) is 4.79 Å². The lowest BCUT2D eigenvalue weighted by atomic mass is 9.74. The molecule has 29 heavy (non-hydrogen) atoms. The lowest BCUT2D eigenvalue weighted by Gasteiger charge is -2.47. The van der Waals surface area contributed by atoms with Crippen molar-refractivity contribution >= 4 is 6.09 Å². The van der Waals surface area contributed by atoms with Gasteiger partial charge >= 0.3 is 6.09 Å². The number of piperidine rings is 1. The Morgan fingerprint density at radius 2 is 2.00 bits per heavy atom. The molecule has 2 N–H and O–H groups in total. The van der Waals surface area contributed by atoms with Gasteiger partial charge in [0, 0.05) is 19.1 Å². The van der Waals surface area contributed by atoms with Gasteiger partial charge < -0.3 is 20.1 Å². The summed E-state index contributed by atoms with van der Waals surface area (Å²) in [6, 6.07) is 6.47. The number of aryl methyl sites for hydroxylation is 1. The minimum atomic E-state index is -0.455. The van der Waals surface area contributed by atoms with Crippen molar-refractivity contribution in [3.05, 3.63) is 29.3 Å². The van der Waals surface area contributed by atoms with E-state index in [1.165, 1.54) is 31.2 Å². The molecule has 1 aromatic rings. The molecule has 1 amide bonds. The van der Waals surface area contributed by atoms with Crippen LogP contribution >= 0.6 is 0 Å². The first-order valence-corrected chi connectivity index (χ1v) is 11.2. The fourth-order valence-electron chi connectivity index (χ4n) is 4.83. The number of hydrogen-bond donors (Lipinski definition) is 1. The summed E-state index contributed by atoms with van der Waals surface area (Å²) in [5.74, 6) is 1.94. The van der Waals surface area contributed by atoms with Crippen molar-refractivity contribution in [1.29, 1.82) is 0 Å². The fourth-order valence-corrected chi connectivity index (χ4v) is 4.83. The highest BCUT2D eigenvalue weighted by Crippen LogP contribution is 2.39. The molecule has 5 heteroatoms. The average Bonchev–Trinajstić information content (AvgIpc) is 2.67. The van der Waals surface area contributed by atoms with Crippen molar-refractivity contribution in [3.8, 4) is 5.75 Å². The Morgan fingerprint density at radius 1 is 1.24 bits per heavy atom. The second-order valence-corrected chi connectivity index (χ2v) is 9.78. The van der Waals surface area contributed by atoms with Gasteiger partial charge in [-0.15, -0.1) is 0 Å². The van der Waals surface area contributed by atoms with Crippen LogP contribution in [0.3, 0.4) is 0 Å². The van der Waals surface area contributed by atoms with Gasteiger partial charge in [0.05, 0.1) is 6.61 Å². The van der Waals surface area contributed by atoms with Crippen molar-refractivity contribution in [2.45, 2.75) is 84.4 Å². The van der Waals surface area contributed by atoms with E-state index >= 15 is 0 Å². The third kappa shape index (κ3) is 5.88. The zero-order valence-corrected chi connectivity index (χ0v) is 18.6. The molecular formula is C24H38N2O3. The predicted octanol–water partition coefficient (Wildman–Crippen LogP) is 5.04. The number of fused-ring (bicyclic) bond motifs is 1. The van der Waals surface area contributed by atoms with Gasteiger partial charge in [0.25, 0.3) is 0 Å². The molecule has 1 aliphatic heterocycles. The molecule has 0 aromatic heterocycles. The monoisotopic (exact) mass is 402 g/mol. The lowest BCUT2D eigenvalue weighted by Crippen LogP contribution is -2.53. The SMILES string of the molecule is Cc1ccc(OCCC2CC3CCCCC3N(C(=O)OC(C)(C)C)C2)cc1CN. The number of hydrogen-bond acceptors (Lipinski definition) is 4. The van der Waals surface area contributed by atoms with Crippen LogP contribution < -0.4 is 10.5 Å². The van der Waals surface area contributed by atoms with Gasteiger partial charge in [-0.3, -0.25) is 0 Å². The van der Waals surface area contributed by atoms with Gasteiger partial charge in [-0.2, -0.15) is 0 Å². The van der Waals surface area contributed by atoms with Crippen LogP contribution in [0.5, 0.6) is 5.75 Å². The molecule has 1 saturated heterocycles. The highest BCUT2D eigenvalue weighted by Gasteiger charge is 2.41. The highest BCUT2D eigenvalue weighted by molar-refractivity contribution is 5.68. The maximum absolute atomic E-state index is 12.9. The Bertz CT molecular complexity index is 698.